The fourth-order valence-electron chi connectivity index (χ4n) is 4.05. The van der Waals surface area contributed by atoms with Crippen LogP contribution < -0.4 is 15.4 Å². The molecule has 0 unspecified atom stereocenters. The van der Waals surface area contributed by atoms with Crippen molar-refractivity contribution in [3.8, 4) is 0 Å². The number of likely N-dealkylation sites (tertiary alicyclic amines) is 1. The maximum absolute atomic E-state index is 13.3. The van der Waals surface area contributed by atoms with Crippen molar-refractivity contribution in [3.63, 3.8) is 0 Å². The van der Waals surface area contributed by atoms with Gasteiger partial charge in [-0.2, -0.15) is 4.72 Å². The number of primary amides is 1. The Morgan fingerprint density at radius 2 is 1.94 bits per heavy atom. The van der Waals surface area contributed by atoms with E-state index < -0.39 is 27.9 Å². The Morgan fingerprint density at radius 1 is 1.25 bits per heavy atom. The molecule has 2 aliphatic heterocycles. The summed E-state index contributed by atoms with van der Waals surface area (Å²) in [7, 11) is -4.29. The third-order valence-electron chi connectivity index (χ3n) is 5.93. The number of nitrogens with two attached hydrogens (primary N) is 1. The van der Waals surface area contributed by atoms with Crippen LogP contribution in [0.4, 0.5) is 5.69 Å². The predicted molar refractivity (Wildman–Crippen MR) is 117 cm³/mol. The van der Waals surface area contributed by atoms with E-state index >= 15 is 0 Å². The zero-order chi connectivity index (χ0) is 23.5. The molecule has 1 aromatic carbocycles. The first-order chi connectivity index (χ1) is 15.2. The van der Waals surface area contributed by atoms with Gasteiger partial charge in [-0.05, 0) is 42.9 Å². The van der Waals surface area contributed by atoms with E-state index in [2.05, 4.69) is 11.6 Å². The van der Waals surface area contributed by atoms with Gasteiger partial charge in [-0.15, -0.1) is 0 Å². The summed E-state index contributed by atoms with van der Waals surface area (Å²) in [5.41, 5.74) is 6.30. The molecule has 0 saturated carbocycles. The topological polar surface area (TPSA) is 139 Å². The molecular weight excluding hydrogens is 436 g/mol. The average Bonchev–Trinajstić information content (AvgIpc) is 2.77. The number of nitrogens with one attached hydrogen (secondary N) is 1. The number of amides is 3. The summed E-state index contributed by atoms with van der Waals surface area (Å²) in [5.74, 6) is -1.52. The maximum Gasteiger partial charge on any atom is 0.253 e. The molecule has 10 nitrogen and oxygen atoms in total. The van der Waals surface area contributed by atoms with E-state index in [4.69, 9.17) is 10.5 Å². The molecule has 3 N–H and O–H groups in total. The van der Waals surface area contributed by atoms with Crippen molar-refractivity contribution in [3.05, 3.63) is 23.8 Å². The number of ether oxygens (including phenoxy) is 1. The van der Waals surface area contributed by atoms with Crippen LogP contribution in [-0.4, -0.2) is 69.9 Å². The molecule has 3 rings (SSSR count). The quantitative estimate of drug-likeness (QED) is 0.543. The first kappa shape index (κ1) is 24.1. The average molecular weight is 467 g/mol. The molecule has 0 bridgehead atoms. The molecule has 2 aliphatic rings. The number of nitrogens with zero attached hydrogens (tertiary/aromatic N) is 2. The van der Waals surface area contributed by atoms with Crippen LogP contribution in [-0.2, 0) is 35.6 Å². The van der Waals surface area contributed by atoms with Crippen LogP contribution in [0.15, 0.2) is 23.1 Å². The van der Waals surface area contributed by atoms with E-state index in [-0.39, 0.29) is 17.4 Å². The summed E-state index contributed by atoms with van der Waals surface area (Å²) in [6.07, 6.45) is 1.87. The molecule has 2 saturated heterocycles. The monoisotopic (exact) mass is 466 g/mol. The Kier molecular flexibility index (Phi) is 7.52. The molecule has 176 valence electrons. The normalized spacial score (nSPS) is 19.1. The fourth-order valence-corrected chi connectivity index (χ4v) is 5.53. The van der Waals surface area contributed by atoms with Gasteiger partial charge in [-0.1, -0.05) is 19.9 Å². The molecule has 1 aromatic rings. The first-order valence-electron chi connectivity index (χ1n) is 10.8. The van der Waals surface area contributed by atoms with Crippen LogP contribution in [0.2, 0.25) is 0 Å². The van der Waals surface area contributed by atoms with Gasteiger partial charge in [0.2, 0.25) is 21.8 Å². The van der Waals surface area contributed by atoms with Crippen LogP contribution >= 0.6 is 0 Å². The van der Waals surface area contributed by atoms with Crippen molar-refractivity contribution in [1.82, 2.24) is 9.62 Å². The summed E-state index contributed by atoms with van der Waals surface area (Å²) >= 11 is 0. The Hall–Kier alpha value is -2.50. The first-order valence-corrected chi connectivity index (χ1v) is 12.2. The maximum atomic E-state index is 13.3. The van der Waals surface area contributed by atoms with Gasteiger partial charge < -0.3 is 20.3 Å². The van der Waals surface area contributed by atoms with Crippen LogP contribution in [0.1, 0.15) is 32.3 Å². The lowest BCUT2D eigenvalue weighted by molar-refractivity contribution is -0.138. The van der Waals surface area contributed by atoms with E-state index in [1.165, 1.54) is 21.9 Å². The van der Waals surface area contributed by atoms with Crippen LogP contribution in [0.5, 0.6) is 0 Å². The number of sulfonamides is 1. The second-order valence-electron chi connectivity index (χ2n) is 8.17. The minimum absolute atomic E-state index is 0.0783. The number of carbonyl (C=O) groups is 3. The Balaban J connectivity index is 1.90. The molecular formula is C21H30N4O6S. The van der Waals surface area contributed by atoms with Crippen molar-refractivity contribution < 1.29 is 27.5 Å². The van der Waals surface area contributed by atoms with Crippen molar-refractivity contribution in [1.29, 1.82) is 0 Å². The molecule has 32 heavy (non-hydrogen) atoms. The number of morpholine rings is 1. The summed E-state index contributed by atoms with van der Waals surface area (Å²) in [6.45, 7) is 5.31. The lowest BCUT2D eigenvalue weighted by Gasteiger charge is -2.32. The third-order valence-corrected chi connectivity index (χ3v) is 7.44. The number of piperidine rings is 1. The van der Waals surface area contributed by atoms with Gasteiger partial charge in [0, 0.05) is 25.3 Å². The number of benzene rings is 1. The highest BCUT2D eigenvalue weighted by Crippen LogP contribution is 2.29. The zero-order valence-corrected chi connectivity index (χ0v) is 19.2. The highest BCUT2D eigenvalue weighted by Gasteiger charge is 2.36. The second kappa shape index (κ2) is 9.97. The Bertz CT molecular complexity index is 988. The van der Waals surface area contributed by atoms with E-state index in [1.54, 1.807) is 13.0 Å². The third kappa shape index (κ3) is 5.11. The van der Waals surface area contributed by atoms with Crippen molar-refractivity contribution >= 4 is 33.4 Å². The lowest BCUT2D eigenvalue weighted by Crippen LogP contribution is -2.56. The van der Waals surface area contributed by atoms with Gasteiger partial charge in [0.05, 0.1) is 11.5 Å². The van der Waals surface area contributed by atoms with Gasteiger partial charge in [0.25, 0.3) is 5.91 Å². The highest BCUT2D eigenvalue weighted by molar-refractivity contribution is 7.89. The number of anilines is 1. The molecule has 11 heteroatoms. The van der Waals surface area contributed by atoms with Crippen LogP contribution in [0.25, 0.3) is 0 Å². The molecule has 2 heterocycles. The fraction of sp³-hybridized carbons (Fsp3) is 0.571. The molecule has 3 amide bonds. The van der Waals surface area contributed by atoms with Crippen LogP contribution in [0.3, 0.4) is 0 Å². The number of rotatable bonds is 7. The zero-order valence-electron chi connectivity index (χ0n) is 18.4. The summed E-state index contributed by atoms with van der Waals surface area (Å²) < 4.78 is 33.9. The highest BCUT2D eigenvalue weighted by atomic mass is 32.2. The van der Waals surface area contributed by atoms with Crippen LogP contribution in [0, 0.1) is 5.92 Å². The van der Waals surface area contributed by atoms with Crippen molar-refractivity contribution in [2.45, 2.75) is 44.0 Å². The number of hydrogen-bond donors (Lipinski definition) is 2. The molecule has 1 atom stereocenters. The number of hydrogen-bond acceptors (Lipinski definition) is 6. The van der Waals surface area contributed by atoms with Gasteiger partial charge in [0.1, 0.15) is 6.61 Å². The second-order valence-corrected chi connectivity index (χ2v) is 9.85. The standard InChI is InChI=1S/C21H30N4O6S/c1-3-15-16(25-11-12-31-13-18(25)26)5-4-6-17(15)32(29,30)23-19(20(22)27)21(28)24-9-7-14(2)8-10-24/h4-6,14,19,23H,3,7-13H2,1-2H3,(H2,22,27)/t19-/m0/s1. The SMILES string of the molecule is CCc1c(N2CCOCC2=O)cccc1S(=O)(=O)N[C@@H](C(N)=O)C(=O)N1CCC(C)CC1. The lowest BCUT2D eigenvalue weighted by atomic mass is 9.99. The smallest absolute Gasteiger partial charge is 0.253 e. The number of carbonyl (C=O) groups excluding carboxylic acids is 3. The molecule has 0 spiro atoms. The van der Waals surface area contributed by atoms with Gasteiger partial charge >= 0.3 is 0 Å². The molecule has 2 fully saturated rings. The molecule has 0 radical (unpaired) electrons. The van der Waals surface area contributed by atoms with E-state index in [1.807, 2.05) is 0 Å². The minimum atomic E-state index is -4.29. The molecule has 0 aromatic heterocycles. The van der Waals surface area contributed by atoms with Crippen molar-refractivity contribution in [2.24, 2.45) is 11.7 Å². The largest absolute Gasteiger partial charge is 0.370 e. The Morgan fingerprint density at radius 3 is 2.53 bits per heavy atom. The van der Waals surface area contributed by atoms with Gasteiger partial charge in [-0.3, -0.25) is 14.4 Å². The Labute approximate surface area is 188 Å². The summed E-state index contributed by atoms with van der Waals surface area (Å²) in [4.78, 5) is 40.1. The van der Waals surface area contributed by atoms with Gasteiger partial charge in [0.15, 0.2) is 6.04 Å². The van der Waals surface area contributed by atoms with Gasteiger partial charge in [-0.25, -0.2) is 8.42 Å². The van der Waals surface area contributed by atoms with E-state index in [0.717, 1.165) is 12.8 Å². The summed E-state index contributed by atoms with van der Waals surface area (Å²) in [5, 5.41) is 0. The van der Waals surface area contributed by atoms with E-state index in [0.29, 0.717) is 49.8 Å². The van der Waals surface area contributed by atoms with Crippen molar-refractivity contribution in [2.75, 3.05) is 37.7 Å². The minimum Gasteiger partial charge on any atom is -0.370 e. The summed E-state index contributed by atoms with van der Waals surface area (Å²) in [6, 6.07) is 2.89. The molecule has 0 aliphatic carbocycles. The van der Waals surface area contributed by atoms with E-state index in [9.17, 15) is 22.8 Å². The predicted octanol–water partition coefficient (Wildman–Crippen LogP) is 0.00290.